The van der Waals surface area contributed by atoms with E-state index in [0.29, 0.717) is 12.1 Å². The van der Waals surface area contributed by atoms with E-state index in [1.807, 2.05) is 91.0 Å². The molecule has 4 aromatic carbocycles. The number of rotatable bonds is 6. The fraction of sp³-hybridized carbons (Fsp3) is 0. The molecule has 0 saturated carbocycles. The SMILES string of the molecule is NS(=O)(=O)c1cc(C(=O)O)c(Cl)cc1F.O=P(/N=C/c1ccccc1)(c1ccccc1)c1ccccc1. The van der Waals surface area contributed by atoms with Gasteiger partial charge in [-0.05, 0) is 42.0 Å². The van der Waals surface area contributed by atoms with Crippen LogP contribution in [-0.2, 0) is 14.6 Å². The highest BCUT2D eigenvalue weighted by atomic mass is 35.5. The number of carboxylic acid groups (broad SMARTS) is 1. The highest BCUT2D eigenvalue weighted by Crippen LogP contribution is 2.44. The van der Waals surface area contributed by atoms with Gasteiger partial charge in [0.2, 0.25) is 17.3 Å². The zero-order chi connectivity index (χ0) is 27.1. The number of carboxylic acids is 1. The number of hydrogen-bond donors (Lipinski definition) is 2. The molecule has 0 radical (unpaired) electrons. The van der Waals surface area contributed by atoms with Gasteiger partial charge in [-0.3, -0.25) is 4.57 Å². The van der Waals surface area contributed by atoms with Crippen LogP contribution in [0.1, 0.15) is 15.9 Å². The van der Waals surface area contributed by atoms with E-state index in [1.54, 1.807) is 6.21 Å². The number of primary sulfonamides is 1. The maximum atomic E-state index is 13.6. The maximum absolute atomic E-state index is 13.6. The third kappa shape index (κ3) is 7.21. The van der Waals surface area contributed by atoms with E-state index < -0.39 is 44.6 Å². The Labute approximate surface area is 218 Å². The van der Waals surface area contributed by atoms with Crippen LogP contribution in [-0.4, -0.2) is 25.7 Å². The van der Waals surface area contributed by atoms with E-state index in [4.69, 9.17) is 16.7 Å². The van der Waals surface area contributed by atoms with Gasteiger partial charge in [0.25, 0.3) is 0 Å². The molecule has 0 amide bonds. The molecule has 3 N–H and O–H groups in total. The van der Waals surface area contributed by atoms with Crippen molar-refractivity contribution in [2.75, 3.05) is 0 Å². The minimum absolute atomic E-state index is 0.396. The van der Waals surface area contributed by atoms with E-state index in [0.717, 1.165) is 16.2 Å². The van der Waals surface area contributed by atoms with Gasteiger partial charge in [-0.15, -0.1) is 0 Å². The van der Waals surface area contributed by atoms with Crippen LogP contribution >= 0.6 is 18.9 Å². The Morgan fingerprint density at radius 2 is 1.35 bits per heavy atom. The quantitative estimate of drug-likeness (QED) is 0.258. The molecule has 4 aromatic rings. The van der Waals surface area contributed by atoms with Gasteiger partial charge in [0.05, 0.1) is 10.6 Å². The Balaban J connectivity index is 0.000000222. The summed E-state index contributed by atoms with van der Waals surface area (Å²) >= 11 is 5.39. The molecule has 0 aliphatic rings. The fourth-order valence-electron chi connectivity index (χ4n) is 3.14. The number of carbonyl (C=O) groups is 1. The van der Waals surface area contributed by atoms with Crippen molar-refractivity contribution in [1.29, 1.82) is 0 Å². The van der Waals surface area contributed by atoms with Gasteiger partial charge in [-0.1, -0.05) is 78.3 Å². The summed E-state index contributed by atoms with van der Waals surface area (Å²) in [6, 6.07) is 29.8. The van der Waals surface area contributed by atoms with E-state index in [-0.39, 0.29) is 0 Å². The molecular weight excluding hydrogens is 538 g/mol. The topological polar surface area (TPSA) is 127 Å². The monoisotopic (exact) mass is 558 g/mol. The van der Waals surface area contributed by atoms with E-state index >= 15 is 0 Å². The molecule has 0 aliphatic heterocycles. The molecule has 11 heteroatoms. The zero-order valence-electron chi connectivity index (χ0n) is 19.1. The largest absolute Gasteiger partial charge is 0.478 e. The molecule has 7 nitrogen and oxygen atoms in total. The van der Waals surface area contributed by atoms with Gasteiger partial charge >= 0.3 is 5.97 Å². The molecule has 0 spiro atoms. The number of benzene rings is 4. The minimum atomic E-state index is -4.30. The van der Waals surface area contributed by atoms with Crippen molar-refractivity contribution in [3.63, 3.8) is 0 Å². The molecule has 4 rings (SSSR count). The molecule has 0 atom stereocenters. The predicted octanol–water partition coefficient (Wildman–Crippen LogP) is 4.86. The van der Waals surface area contributed by atoms with Gasteiger partial charge in [-0.2, -0.15) is 0 Å². The molecule has 190 valence electrons. The first-order valence-corrected chi connectivity index (χ1v) is 14.2. The molecule has 0 unspecified atom stereocenters. The second kappa shape index (κ2) is 12.1. The van der Waals surface area contributed by atoms with Crippen molar-refractivity contribution in [3.8, 4) is 0 Å². The van der Waals surface area contributed by atoms with Crippen molar-refractivity contribution < 1.29 is 27.3 Å². The Hall–Kier alpha value is -3.62. The normalized spacial score (nSPS) is 11.5. The number of halogens is 2. The van der Waals surface area contributed by atoms with Crippen LogP contribution in [0.15, 0.2) is 113 Å². The van der Waals surface area contributed by atoms with Crippen LogP contribution in [0.25, 0.3) is 0 Å². The molecule has 0 fully saturated rings. The summed E-state index contributed by atoms with van der Waals surface area (Å²) in [5.41, 5.74) is 0.414. The summed E-state index contributed by atoms with van der Waals surface area (Å²) in [5.74, 6) is -2.66. The molecular formula is C26H21ClFN2O5PS. The zero-order valence-corrected chi connectivity index (χ0v) is 21.6. The lowest BCUT2D eigenvalue weighted by Crippen LogP contribution is -2.15. The number of nitrogens with two attached hydrogens (primary N) is 1. The van der Waals surface area contributed by atoms with Crippen LogP contribution in [0, 0.1) is 5.82 Å². The lowest BCUT2D eigenvalue weighted by Gasteiger charge is -2.14. The third-order valence-corrected chi connectivity index (χ3v) is 8.62. The van der Waals surface area contributed by atoms with Crippen LogP contribution in [0.2, 0.25) is 5.02 Å². The average Bonchev–Trinajstić information content (AvgIpc) is 2.88. The van der Waals surface area contributed by atoms with E-state index in [1.165, 1.54) is 0 Å². The molecule has 0 aliphatic carbocycles. The number of hydrogen-bond acceptors (Lipinski definition) is 4. The van der Waals surface area contributed by atoms with E-state index in [2.05, 4.69) is 9.90 Å². The Bertz CT molecular complexity index is 1530. The smallest absolute Gasteiger partial charge is 0.337 e. The van der Waals surface area contributed by atoms with Gasteiger partial charge in [0, 0.05) is 16.8 Å². The first-order chi connectivity index (χ1) is 17.5. The summed E-state index contributed by atoms with van der Waals surface area (Å²) < 4.78 is 52.8. The molecule has 37 heavy (non-hydrogen) atoms. The second-order valence-corrected chi connectivity index (χ2v) is 11.9. The van der Waals surface area contributed by atoms with Gasteiger partial charge in [0.15, 0.2) is 0 Å². The summed E-state index contributed by atoms with van der Waals surface area (Å²) in [6.45, 7) is 0. The van der Waals surface area contributed by atoms with Crippen molar-refractivity contribution >= 4 is 51.7 Å². The Kier molecular flexibility index (Phi) is 9.13. The van der Waals surface area contributed by atoms with Gasteiger partial charge < -0.3 is 5.11 Å². The van der Waals surface area contributed by atoms with E-state index in [9.17, 15) is 22.2 Å². The first kappa shape index (κ1) is 28.0. The second-order valence-electron chi connectivity index (χ2n) is 7.52. The summed E-state index contributed by atoms with van der Waals surface area (Å²) in [5, 5.41) is 14.4. The Morgan fingerprint density at radius 3 is 1.78 bits per heavy atom. The fourth-order valence-corrected chi connectivity index (χ4v) is 6.00. The third-order valence-electron chi connectivity index (χ3n) is 4.94. The van der Waals surface area contributed by atoms with Crippen molar-refractivity contribution in [2.24, 2.45) is 9.90 Å². The highest BCUT2D eigenvalue weighted by molar-refractivity contribution is 7.89. The lowest BCUT2D eigenvalue weighted by molar-refractivity contribution is 0.0696. The predicted molar refractivity (Wildman–Crippen MR) is 144 cm³/mol. The highest BCUT2D eigenvalue weighted by Gasteiger charge is 2.25. The molecule has 0 bridgehead atoms. The summed E-state index contributed by atoms with van der Waals surface area (Å²) in [7, 11) is -7.32. The lowest BCUT2D eigenvalue weighted by atomic mass is 10.2. The minimum Gasteiger partial charge on any atom is -0.478 e. The van der Waals surface area contributed by atoms with Crippen LogP contribution in [0.3, 0.4) is 0 Å². The molecule has 0 heterocycles. The maximum Gasteiger partial charge on any atom is 0.337 e. The summed E-state index contributed by atoms with van der Waals surface area (Å²) in [6.07, 6.45) is 1.70. The first-order valence-electron chi connectivity index (χ1n) is 10.6. The van der Waals surface area contributed by atoms with Gasteiger partial charge in [0.1, 0.15) is 10.7 Å². The van der Waals surface area contributed by atoms with Gasteiger partial charge in [-0.25, -0.2) is 27.5 Å². The molecule has 0 aromatic heterocycles. The number of nitrogens with zero attached hydrogens (tertiary/aromatic N) is 1. The van der Waals surface area contributed by atoms with Crippen molar-refractivity contribution in [3.05, 3.63) is 125 Å². The summed E-state index contributed by atoms with van der Waals surface area (Å²) in [4.78, 5) is 9.67. The standard InChI is InChI=1S/C19H16NOP.C7H5ClFNO4S/c21-22(18-12-6-2-7-13-18,19-14-8-3-9-15-19)20-16-17-10-4-1-5-11-17;8-4-2-5(9)6(15(10,13)14)1-3(4)7(11)12/h1-16H;1-2H,(H,11,12)(H2,10,13,14)/b20-16+;. The van der Waals surface area contributed by atoms with Crippen molar-refractivity contribution in [2.45, 2.75) is 4.90 Å². The van der Waals surface area contributed by atoms with Crippen LogP contribution in [0.5, 0.6) is 0 Å². The van der Waals surface area contributed by atoms with Crippen LogP contribution < -0.4 is 15.7 Å². The Morgan fingerprint density at radius 1 is 0.892 bits per heavy atom. The molecule has 0 saturated heterocycles. The van der Waals surface area contributed by atoms with Crippen molar-refractivity contribution in [1.82, 2.24) is 0 Å². The number of sulfonamides is 1. The number of aromatic carboxylic acids is 1. The van der Waals surface area contributed by atoms with Crippen LogP contribution in [0.4, 0.5) is 4.39 Å². The average molecular weight is 559 g/mol.